The molecule has 1 atom stereocenters. The van der Waals surface area contributed by atoms with Gasteiger partial charge in [-0.3, -0.25) is 4.79 Å². The molecule has 0 aliphatic carbocycles. The highest BCUT2D eigenvalue weighted by Gasteiger charge is 2.28. The van der Waals surface area contributed by atoms with E-state index in [0.29, 0.717) is 0 Å². The third-order valence-electron chi connectivity index (χ3n) is 1.19. The van der Waals surface area contributed by atoms with Crippen LogP contribution in [0.2, 0.25) is 0 Å². The molecule has 0 aliphatic rings. The molecule has 0 amide bonds. The Morgan fingerprint density at radius 2 is 2.09 bits per heavy atom. The molecule has 3 nitrogen and oxygen atoms in total. The zero-order valence-corrected chi connectivity index (χ0v) is 7.16. The molecule has 0 rings (SSSR count). The zero-order chi connectivity index (χ0) is 9.07. The third-order valence-corrected chi connectivity index (χ3v) is 1.19. The Morgan fingerprint density at radius 3 is 2.36 bits per heavy atom. The summed E-state index contributed by atoms with van der Waals surface area (Å²) in [7, 11) is 3.48. The van der Waals surface area contributed by atoms with Crippen LogP contribution in [-0.2, 0) is 4.79 Å². The van der Waals surface area contributed by atoms with E-state index in [2.05, 4.69) is 6.58 Å². The van der Waals surface area contributed by atoms with Gasteiger partial charge in [-0.1, -0.05) is 6.58 Å². The Balaban J connectivity index is 4.20. The van der Waals surface area contributed by atoms with E-state index in [1.807, 2.05) is 0 Å². The van der Waals surface area contributed by atoms with Gasteiger partial charge in [-0.05, 0) is 27.1 Å². The molecule has 1 unspecified atom stereocenters. The van der Waals surface area contributed by atoms with Crippen molar-refractivity contribution in [3.8, 4) is 0 Å². The lowest BCUT2D eigenvalue weighted by molar-refractivity contribution is -0.129. The fourth-order valence-corrected chi connectivity index (χ4v) is 0.773. The average molecular weight is 156 g/mol. The van der Waals surface area contributed by atoms with Crippen molar-refractivity contribution in [1.29, 1.82) is 0 Å². The standard InChI is InChI=1S/C8H14NO2/c1-5-7(10)8(2,11)6-9(3)4/h5-6,11H,1H2,2-4H3. The van der Waals surface area contributed by atoms with Crippen LogP contribution in [0.25, 0.3) is 0 Å². The first-order valence-electron chi connectivity index (χ1n) is 3.32. The van der Waals surface area contributed by atoms with Gasteiger partial charge in [0.2, 0.25) is 0 Å². The summed E-state index contributed by atoms with van der Waals surface area (Å²) in [5.74, 6) is -0.397. The van der Waals surface area contributed by atoms with Gasteiger partial charge >= 0.3 is 0 Å². The van der Waals surface area contributed by atoms with Crippen molar-refractivity contribution in [2.75, 3.05) is 14.1 Å². The lowest BCUT2D eigenvalue weighted by Crippen LogP contribution is -2.39. The van der Waals surface area contributed by atoms with Gasteiger partial charge in [0.25, 0.3) is 0 Å². The van der Waals surface area contributed by atoms with Gasteiger partial charge in [0, 0.05) is 0 Å². The second kappa shape index (κ2) is 3.64. The molecule has 0 saturated carbocycles. The number of likely N-dealkylation sites (N-methyl/N-ethyl adjacent to an activating group) is 1. The molecule has 1 N–H and O–H groups in total. The minimum Gasteiger partial charge on any atom is -0.380 e. The number of ketones is 1. The lowest BCUT2D eigenvalue weighted by Gasteiger charge is -2.22. The Kier molecular flexibility index (Phi) is 3.42. The summed E-state index contributed by atoms with van der Waals surface area (Å²) in [6.07, 6.45) is 1.11. The summed E-state index contributed by atoms with van der Waals surface area (Å²) in [6.45, 7) is 6.14. The summed E-state index contributed by atoms with van der Waals surface area (Å²) in [6, 6.07) is 0. The molecule has 63 valence electrons. The predicted octanol–water partition coefficient (Wildman–Crippen LogP) is 0.216. The van der Waals surface area contributed by atoms with E-state index in [-0.39, 0.29) is 0 Å². The highest BCUT2D eigenvalue weighted by Crippen LogP contribution is 2.10. The van der Waals surface area contributed by atoms with Crippen molar-refractivity contribution in [3.05, 3.63) is 19.2 Å². The lowest BCUT2D eigenvalue weighted by atomic mass is 10.0. The van der Waals surface area contributed by atoms with Crippen LogP contribution in [0.15, 0.2) is 12.7 Å². The Bertz CT molecular complexity index is 161. The highest BCUT2D eigenvalue weighted by atomic mass is 16.3. The number of hydrogen-bond acceptors (Lipinski definition) is 3. The summed E-state index contributed by atoms with van der Waals surface area (Å²) in [5, 5.41) is 9.44. The van der Waals surface area contributed by atoms with E-state index < -0.39 is 11.4 Å². The van der Waals surface area contributed by atoms with Gasteiger partial charge in [0.1, 0.15) is 5.60 Å². The highest BCUT2D eigenvalue weighted by molar-refractivity contribution is 5.97. The molecule has 11 heavy (non-hydrogen) atoms. The third kappa shape index (κ3) is 3.30. The zero-order valence-electron chi connectivity index (χ0n) is 7.16. The maximum atomic E-state index is 10.9. The van der Waals surface area contributed by atoms with Crippen molar-refractivity contribution in [2.24, 2.45) is 0 Å². The monoisotopic (exact) mass is 156 g/mol. The molecule has 0 bridgehead atoms. The smallest absolute Gasteiger partial charge is 0.187 e. The normalized spacial score (nSPS) is 16.1. The molecule has 0 spiro atoms. The van der Waals surface area contributed by atoms with Crippen molar-refractivity contribution in [2.45, 2.75) is 12.5 Å². The summed E-state index contributed by atoms with van der Waals surface area (Å²) >= 11 is 0. The first-order chi connectivity index (χ1) is 4.90. The first-order valence-corrected chi connectivity index (χ1v) is 3.32. The minimum atomic E-state index is -1.43. The van der Waals surface area contributed by atoms with Gasteiger partial charge in [-0.2, -0.15) is 0 Å². The van der Waals surface area contributed by atoms with Crippen LogP contribution in [0.5, 0.6) is 0 Å². The Morgan fingerprint density at radius 1 is 1.64 bits per heavy atom. The fraction of sp³-hybridized carbons (Fsp3) is 0.500. The first kappa shape index (κ1) is 10.3. The van der Waals surface area contributed by atoms with Crippen molar-refractivity contribution < 1.29 is 9.90 Å². The molecule has 0 aromatic rings. The van der Waals surface area contributed by atoms with E-state index in [1.165, 1.54) is 13.5 Å². The van der Waals surface area contributed by atoms with Crippen LogP contribution in [-0.4, -0.2) is 35.5 Å². The van der Waals surface area contributed by atoms with Gasteiger partial charge in [0.15, 0.2) is 5.78 Å². The second-order valence-corrected chi connectivity index (χ2v) is 2.81. The maximum Gasteiger partial charge on any atom is 0.187 e. The molecular formula is C8H14NO2. The fourth-order valence-electron chi connectivity index (χ4n) is 0.773. The van der Waals surface area contributed by atoms with Crippen LogP contribution < -0.4 is 0 Å². The van der Waals surface area contributed by atoms with Crippen molar-refractivity contribution in [3.63, 3.8) is 0 Å². The molecule has 0 fully saturated rings. The van der Waals surface area contributed by atoms with Crippen molar-refractivity contribution in [1.82, 2.24) is 4.90 Å². The van der Waals surface area contributed by atoms with Crippen LogP contribution >= 0.6 is 0 Å². The SMILES string of the molecule is C=CC(=O)C(C)(O)[CH]N(C)C. The van der Waals surface area contributed by atoms with E-state index in [4.69, 9.17) is 0 Å². The molecule has 1 radical (unpaired) electrons. The predicted molar refractivity (Wildman–Crippen MR) is 43.8 cm³/mol. The molecular weight excluding hydrogens is 142 g/mol. The maximum absolute atomic E-state index is 10.9. The molecule has 0 aromatic carbocycles. The summed E-state index contributed by atoms with van der Waals surface area (Å²) < 4.78 is 0. The van der Waals surface area contributed by atoms with E-state index in [0.717, 1.165) is 6.08 Å². The largest absolute Gasteiger partial charge is 0.380 e. The quantitative estimate of drug-likeness (QED) is 0.592. The van der Waals surface area contributed by atoms with E-state index in [1.54, 1.807) is 19.0 Å². The second-order valence-electron chi connectivity index (χ2n) is 2.81. The summed E-state index contributed by atoms with van der Waals surface area (Å²) in [4.78, 5) is 12.6. The Labute approximate surface area is 67.3 Å². The molecule has 0 aromatic heterocycles. The number of aliphatic hydroxyl groups is 1. The number of nitrogens with zero attached hydrogens (tertiary/aromatic N) is 1. The van der Waals surface area contributed by atoms with Gasteiger partial charge in [-0.25, -0.2) is 0 Å². The molecule has 0 saturated heterocycles. The minimum absolute atomic E-state index is 0.397. The van der Waals surface area contributed by atoms with Crippen LogP contribution in [0.1, 0.15) is 6.92 Å². The molecule has 0 heterocycles. The number of hydrogen-bond donors (Lipinski definition) is 1. The van der Waals surface area contributed by atoms with Gasteiger partial charge < -0.3 is 10.0 Å². The van der Waals surface area contributed by atoms with Gasteiger partial charge in [-0.15, -0.1) is 0 Å². The number of carbonyl (C=O) groups excluding carboxylic acids is 1. The van der Waals surface area contributed by atoms with Gasteiger partial charge in [0.05, 0.1) is 6.54 Å². The number of carbonyl (C=O) groups is 1. The van der Waals surface area contributed by atoms with Crippen molar-refractivity contribution >= 4 is 5.78 Å². The van der Waals surface area contributed by atoms with E-state index >= 15 is 0 Å². The number of rotatable bonds is 4. The van der Waals surface area contributed by atoms with Crippen LogP contribution in [0.4, 0.5) is 0 Å². The average Bonchev–Trinajstić information content (AvgIpc) is 1.83. The summed E-state index contributed by atoms with van der Waals surface area (Å²) in [5.41, 5.74) is -1.43. The van der Waals surface area contributed by atoms with Crippen LogP contribution in [0, 0.1) is 6.54 Å². The van der Waals surface area contributed by atoms with E-state index in [9.17, 15) is 9.90 Å². The van der Waals surface area contributed by atoms with Crippen LogP contribution in [0.3, 0.4) is 0 Å². The Hall–Kier alpha value is -0.670. The molecule has 0 aliphatic heterocycles. The molecule has 3 heteroatoms. The topological polar surface area (TPSA) is 40.5 Å².